The topological polar surface area (TPSA) is 87.7 Å². The van der Waals surface area contributed by atoms with Crippen LogP contribution in [0.4, 0.5) is 4.79 Å². The summed E-state index contributed by atoms with van der Waals surface area (Å²) in [4.78, 5) is 42.2. The molecule has 0 saturated heterocycles. The molecular weight excluding hydrogens is 442 g/mol. The van der Waals surface area contributed by atoms with Crippen LogP contribution in [0, 0.1) is 12.8 Å². The van der Waals surface area contributed by atoms with Crippen molar-refractivity contribution in [3.63, 3.8) is 0 Å². The van der Waals surface area contributed by atoms with E-state index in [0.29, 0.717) is 12.8 Å². The third kappa shape index (κ3) is 9.54. The van der Waals surface area contributed by atoms with Crippen molar-refractivity contribution >= 4 is 17.9 Å². The fraction of sp³-hybridized carbons (Fsp3) is 0.679. The van der Waals surface area contributed by atoms with Gasteiger partial charge in [0.25, 0.3) is 0 Å². The Kier molecular flexibility index (Phi) is 10.8. The van der Waals surface area contributed by atoms with Crippen molar-refractivity contribution in [3.05, 3.63) is 35.4 Å². The highest BCUT2D eigenvalue weighted by Crippen LogP contribution is 2.33. The van der Waals surface area contributed by atoms with Crippen LogP contribution in [0.2, 0.25) is 0 Å². The molecule has 7 heteroatoms. The van der Waals surface area contributed by atoms with E-state index < -0.39 is 29.3 Å². The number of ether oxygens (including phenoxy) is 1. The highest BCUT2D eigenvalue weighted by atomic mass is 16.6. The zero-order valence-corrected chi connectivity index (χ0v) is 23.6. The molecular formula is C28H47N3O4. The van der Waals surface area contributed by atoms with E-state index >= 15 is 0 Å². The molecule has 0 heterocycles. The van der Waals surface area contributed by atoms with Crippen molar-refractivity contribution in [2.75, 3.05) is 0 Å². The third-order valence-electron chi connectivity index (χ3n) is 5.75. The van der Waals surface area contributed by atoms with Crippen molar-refractivity contribution < 1.29 is 19.1 Å². The summed E-state index contributed by atoms with van der Waals surface area (Å²) in [6.45, 7) is 21.0. The summed E-state index contributed by atoms with van der Waals surface area (Å²) in [5, 5.41) is 5.79. The van der Waals surface area contributed by atoms with Crippen LogP contribution in [-0.2, 0) is 14.3 Å². The number of carbonyl (C=O) groups excluding carboxylic acids is 3. The molecule has 1 aromatic carbocycles. The SMILES string of the molecule is CCC(C)(C)N(C(=O)C(CC(C)C)NC(=O)OC(C)(C)C)C(C(=O)NC(C)C)c1cccc(C)c1. The van der Waals surface area contributed by atoms with Crippen LogP contribution in [0.25, 0.3) is 0 Å². The van der Waals surface area contributed by atoms with Gasteiger partial charge in [0.05, 0.1) is 0 Å². The number of aryl methyl sites for hydroxylation is 1. The second kappa shape index (κ2) is 12.4. The summed E-state index contributed by atoms with van der Waals surface area (Å²) in [5.74, 6) is -0.421. The minimum atomic E-state index is -0.852. The predicted molar refractivity (Wildman–Crippen MR) is 141 cm³/mol. The Morgan fingerprint density at radius 2 is 1.60 bits per heavy atom. The predicted octanol–water partition coefficient (Wildman–Crippen LogP) is 5.52. The molecule has 7 nitrogen and oxygen atoms in total. The summed E-state index contributed by atoms with van der Waals surface area (Å²) in [6.07, 6.45) is 0.391. The van der Waals surface area contributed by atoms with Crippen LogP contribution in [-0.4, -0.2) is 46.0 Å². The van der Waals surface area contributed by atoms with Gasteiger partial charge >= 0.3 is 6.09 Å². The van der Waals surface area contributed by atoms with Crippen molar-refractivity contribution in [1.82, 2.24) is 15.5 Å². The molecule has 0 saturated carbocycles. The molecule has 0 aliphatic carbocycles. The molecule has 3 amide bonds. The van der Waals surface area contributed by atoms with E-state index in [1.807, 2.05) is 79.7 Å². The molecule has 1 rings (SSSR count). The van der Waals surface area contributed by atoms with Crippen LogP contribution >= 0.6 is 0 Å². The quantitative estimate of drug-likeness (QED) is 0.453. The zero-order valence-electron chi connectivity index (χ0n) is 23.6. The molecule has 0 bridgehead atoms. The molecule has 2 atom stereocenters. The van der Waals surface area contributed by atoms with Crippen molar-refractivity contribution in [3.8, 4) is 0 Å². The minimum Gasteiger partial charge on any atom is -0.444 e. The maximum Gasteiger partial charge on any atom is 0.408 e. The Balaban J connectivity index is 3.63. The normalized spacial score (nSPS) is 13.9. The number of benzene rings is 1. The lowest BCUT2D eigenvalue weighted by atomic mass is 9.90. The molecule has 0 radical (unpaired) electrons. The molecule has 0 aliphatic heterocycles. The summed E-state index contributed by atoms with van der Waals surface area (Å²) in [6, 6.07) is 5.89. The average molecular weight is 490 g/mol. The molecule has 198 valence electrons. The van der Waals surface area contributed by atoms with Gasteiger partial charge in [-0.15, -0.1) is 0 Å². The van der Waals surface area contributed by atoms with Crippen LogP contribution in [0.5, 0.6) is 0 Å². The van der Waals surface area contributed by atoms with Gasteiger partial charge in [-0.2, -0.15) is 0 Å². The maximum atomic E-state index is 14.3. The number of nitrogens with one attached hydrogen (secondary N) is 2. The number of alkyl carbamates (subject to hydrolysis) is 1. The number of rotatable bonds is 10. The van der Waals surface area contributed by atoms with E-state index in [-0.39, 0.29) is 23.8 Å². The second-order valence-electron chi connectivity index (χ2n) is 11.7. The lowest BCUT2D eigenvalue weighted by molar-refractivity contribution is -0.149. The molecule has 1 aromatic rings. The Morgan fingerprint density at radius 3 is 2.06 bits per heavy atom. The fourth-order valence-corrected chi connectivity index (χ4v) is 3.88. The van der Waals surface area contributed by atoms with Gasteiger partial charge in [0, 0.05) is 11.6 Å². The number of amides is 3. The van der Waals surface area contributed by atoms with E-state index in [4.69, 9.17) is 4.74 Å². The van der Waals surface area contributed by atoms with E-state index in [1.54, 1.807) is 25.7 Å². The van der Waals surface area contributed by atoms with Gasteiger partial charge in [-0.05, 0) is 79.7 Å². The summed E-state index contributed by atoms with van der Waals surface area (Å²) in [5.41, 5.74) is 0.375. The van der Waals surface area contributed by atoms with Crippen LogP contribution < -0.4 is 10.6 Å². The molecule has 0 fully saturated rings. The Hall–Kier alpha value is -2.57. The van der Waals surface area contributed by atoms with Gasteiger partial charge in [0.15, 0.2) is 0 Å². The van der Waals surface area contributed by atoms with Gasteiger partial charge in [0.1, 0.15) is 17.7 Å². The highest BCUT2D eigenvalue weighted by Gasteiger charge is 2.43. The summed E-state index contributed by atoms with van der Waals surface area (Å²) >= 11 is 0. The van der Waals surface area contributed by atoms with Gasteiger partial charge in [0.2, 0.25) is 11.8 Å². The molecule has 0 spiro atoms. The number of hydrogen-bond donors (Lipinski definition) is 2. The smallest absolute Gasteiger partial charge is 0.408 e. The first-order valence-corrected chi connectivity index (χ1v) is 12.7. The first-order valence-electron chi connectivity index (χ1n) is 12.7. The van der Waals surface area contributed by atoms with Crippen LogP contribution in [0.1, 0.15) is 99.2 Å². The Bertz CT molecular complexity index is 871. The van der Waals surface area contributed by atoms with Crippen LogP contribution in [0.15, 0.2) is 24.3 Å². The molecule has 0 aromatic heterocycles. The first-order chi connectivity index (χ1) is 16.0. The van der Waals surface area contributed by atoms with Crippen molar-refractivity contribution in [2.45, 2.75) is 118 Å². The number of hydrogen-bond acceptors (Lipinski definition) is 4. The Labute approximate surface area is 212 Å². The minimum absolute atomic E-state index is 0.0946. The molecule has 2 N–H and O–H groups in total. The van der Waals surface area contributed by atoms with E-state index in [9.17, 15) is 14.4 Å². The standard InChI is InChI=1S/C28H47N3O4/c1-12-28(10,11)31(23(24(32)29-19(4)5)21-15-13-14-20(6)17-21)25(33)22(16-18(2)3)30-26(34)35-27(7,8)9/h13-15,17-19,22-23H,12,16H2,1-11H3,(H,29,32)(H,30,34). The lowest BCUT2D eigenvalue weighted by Crippen LogP contribution is -2.59. The summed E-state index contributed by atoms with van der Waals surface area (Å²) in [7, 11) is 0. The van der Waals surface area contributed by atoms with Crippen LogP contribution in [0.3, 0.4) is 0 Å². The van der Waals surface area contributed by atoms with Gasteiger partial charge in [-0.1, -0.05) is 50.6 Å². The second-order valence-corrected chi connectivity index (χ2v) is 11.7. The van der Waals surface area contributed by atoms with Crippen molar-refractivity contribution in [2.24, 2.45) is 5.92 Å². The zero-order chi connectivity index (χ0) is 27.1. The summed E-state index contributed by atoms with van der Waals surface area (Å²) < 4.78 is 5.45. The molecule has 35 heavy (non-hydrogen) atoms. The van der Waals surface area contributed by atoms with E-state index in [1.165, 1.54) is 0 Å². The fourth-order valence-electron chi connectivity index (χ4n) is 3.88. The molecule has 2 unspecified atom stereocenters. The highest BCUT2D eigenvalue weighted by molar-refractivity contribution is 5.92. The Morgan fingerprint density at radius 1 is 1.00 bits per heavy atom. The van der Waals surface area contributed by atoms with E-state index in [2.05, 4.69) is 10.6 Å². The number of carbonyl (C=O) groups is 3. The van der Waals surface area contributed by atoms with E-state index in [0.717, 1.165) is 11.1 Å². The van der Waals surface area contributed by atoms with Gasteiger partial charge in [-0.25, -0.2) is 4.79 Å². The maximum absolute atomic E-state index is 14.3. The van der Waals surface area contributed by atoms with Gasteiger partial charge < -0.3 is 20.3 Å². The monoisotopic (exact) mass is 489 g/mol. The third-order valence-corrected chi connectivity index (χ3v) is 5.75. The lowest BCUT2D eigenvalue weighted by Gasteiger charge is -2.45. The molecule has 0 aliphatic rings. The largest absolute Gasteiger partial charge is 0.444 e. The van der Waals surface area contributed by atoms with Crippen molar-refractivity contribution in [1.29, 1.82) is 0 Å². The van der Waals surface area contributed by atoms with Gasteiger partial charge in [-0.3, -0.25) is 9.59 Å². The first kappa shape index (κ1) is 30.5. The number of nitrogens with zero attached hydrogens (tertiary/aromatic N) is 1. The average Bonchev–Trinajstić information content (AvgIpc) is 2.68.